The van der Waals surface area contributed by atoms with Gasteiger partial charge in [-0.1, -0.05) is 18.2 Å². The Kier molecular flexibility index (Phi) is 9.02. The molecule has 0 saturated heterocycles. The first-order chi connectivity index (χ1) is 15.6. The first-order valence-corrected chi connectivity index (χ1v) is 18.2. The van der Waals surface area contributed by atoms with Crippen LogP contribution in [0.1, 0.15) is 112 Å². The van der Waals surface area contributed by atoms with E-state index < -0.39 is 25.7 Å². The molecule has 0 unspecified atom stereocenters. The molecule has 3 aliphatic carbocycles. The van der Waals surface area contributed by atoms with Gasteiger partial charge in [-0.25, -0.2) is 4.79 Å². The minimum absolute atomic E-state index is 0.0289. The van der Waals surface area contributed by atoms with E-state index in [-0.39, 0.29) is 5.76 Å². The average Bonchev–Trinajstić information content (AvgIpc) is 3.19. The van der Waals surface area contributed by atoms with Crippen molar-refractivity contribution in [2.75, 3.05) is 0 Å². The fraction of sp³-hybridized carbons (Fsp3) is 0.679. The summed E-state index contributed by atoms with van der Waals surface area (Å²) in [5.41, 5.74) is 1.31. The maximum atomic E-state index is 10.7. The third-order valence-electron chi connectivity index (χ3n) is 8.27. The second kappa shape index (κ2) is 11.9. The van der Waals surface area contributed by atoms with Gasteiger partial charge in [0.25, 0.3) is 0 Å². The van der Waals surface area contributed by atoms with Gasteiger partial charge in [-0.15, -0.1) is 0 Å². The van der Waals surface area contributed by atoms with Gasteiger partial charge in [-0.2, -0.15) is 0 Å². The van der Waals surface area contributed by atoms with E-state index in [4.69, 9.17) is 9.52 Å². The van der Waals surface area contributed by atoms with E-state index in [1.807, 2.05) is 18.2 Å². The van der Waals surface area contributed by atoms with Crippen LogP contribution < -0.4 is 0 Å². The summed E-state index contributed by atoms with van der Waals surface area (Å²) in [4.78, 5) is 10.7. The van der Waals surface area contributed by atoms with Crippen molar-refractivity contribution in [2.45, 2.75) is 115 Å². The van der Waals surface area contributed by atoms with Crippen LogP contribution in [0.15, 0.2) is 28.7 Å². The zero-order valence-corrected chi connectivity index (χ0v) is 22.8. The predicted octanol–water partition coefficient (Wildman–Crippen LogP) is 8.92. The zero-order valence-electron chi connectivity index (χ0n) is 19.9. The number of hydrogen-bond acceptors (Lipinski definition) is 2. The number of aromatic carboxylic acids is 1. The molecular formula is C28H41O3Sn. The zero-order chi connectivity index (χ0) is 22.3. The summed E-state index contributed by atoms with van der Waals surface area (Å²) in [5, 5.41) is 9.63. The monoisotopic (exact) mass is 545 g/mol. The first kappa shape index (κ1) is 24.2. The fourth-order valence-electron chi connectivity index (χ4n) is 6.69. The van der Waals surface area contributed by atoms with Crippen LogP contribution in [-0.4, -0.2) is 30.8 Å². The van der Waals surface area contributed by atoms with Gasteiger partial charge in [-0.05, 0) is 13.0 Å². The summed E-state index contributed by atoms with van der Waals surface area (Å²) in [6.45, 7) is 1.75. The van der Waals surface area contributed by atoms with Crippen molar-refractivity contribution in [3.63, 3.8) is 0 Å². The topological polar surface area (TPSA) is 50.4 Å². The molecule has 3 aliphatic rings. The predicted molar refractivity (Wildman–Crippen MR) is 134 cm³/mol. The Morgan fingerprint density at radius 3 is 1.62 bits per heavy atom. The molecule has 1 aromatic heterocycles. The van der Waals surface area contributed by atoms with Crippen molar-refractivity contribution >= 4 is 36.7 Å². The second-order valence-electron chi connectivity index (χ2n) is 10.4. The summed E-state index contributed by atoms with van der Waals surface area (Å²) in [6, 6.07) is 7.28. The van der Waals surface area contributed by atoms with E-state index in [2.05, 4.69) is 0 Å². The van der Waals surface area contributed by atoms with E-state index in [1.54, 1.807) is 109 Å². The molecule has 0 spiro atoms. The van der Waals surface area contributed by atoms with E-state index >= 15 is 0 Å². The first-order valence-electron chi connectivity index (χ1n) is 13.2. The van der Waals surface area contributed by atoms with Crippen LogP contribution in [0.3, 0.4) is 0 Å². The van der Waals surface area contributed by atoms with E-state index in [0.717, 1.165) is 5.39 Å². The van der Waals surface area contributed by atoms with Gasteiger partial charge in [0.15, 0.2) is 0 Å². The second-order valence-corrected chi connectivity index (χ2v) is 20.2. The number of fused-ring (bicyclic) bond motifs is 1. The molecule has 2 aromatic rings. The summed E-state index contributed by atoms with van der Waals surface area (Å²) in [7, 11) is 0. The Bertz CT molecular complexity index is 812. The number of hydrogen-bond donors (Lipinski definition) is 1. The quantitative estimate of drug-likeness (QED) is 0.391. The molecule has 3 nitrogen and oxygen atoms in total. The Hall–Kier alpha value is -0.971. The minimum Gasteiger partial charge on any atom is -0.475 e. The maximum Gasteiger partial charge on any atom is 0.372 e. The van der Waals surface area contributed by atoms with E-state index in [0.29, 0.717) is 11.1 Å². The number of carbonyl (C=O) groups is 1. The van der Waals surface area contributed by atoms with Crippen LogP contribution in [0, 0.1) is 6.92 Å². The largest absolute Gasteiger partial charge is 0.475 e. The third kappa shape index (κ3) is 5.93. The van der Waals surface area contributed by atoms with Crippen LogP contribution in [0.25, 0.3) is 11.0 Å². The van der Waals surface area contributed by atoms with Crippen molar-refractivity contribution in [1.29, 1.82) is 0 Å². The molecule has 0 atom stereocenters. The van der Waals surface area contributed by atoms with Crippen molar-refractivity contribution in [1.82, 2.24) is 0 Å². The third-order valence-corrected chi connectivity index (χ3v) is 21.3. The minimum atomic E-state index is -1.15. The molecular weight excluding hydrogens is 503 g/mol. The number of benzene rings is 1. The van der Waals surface area contributed by atoms with Gasteiger partial charge in [0.05, 0.1) is 0 Å². The molecule has 1 N–H and O–H groups in total. The van der Waals surface area contributed by atoms with Crippen LogP contribution in [0.2, 0.25) is 11.8 Å². The fourth-order valence-corrected chi connectivity index (χ4v) is 21.6. The number of carboxylic acid groups (broad SMARTS) is 1. The average molecular weight is 544 g/mol. The molecule has 3 fully saturated rings. The molecule has 0 bridgehead atoms. The number of aryl methyl sites for hydroxylation is 1. The standard InChI is InChI=1S/C10H8O3.3C6H11.Sn/c1-6-7-4-2-3-5-8(7)13-9(6)10(11)12;3*1-2-4-6-5-3-1;/h2-5H,1H3,(H,11,12);3*1H,2-6H2;. The molecule has 3 saturated carbocycles. The van der Waals surface area contributed by atoms with Crippen LogP contribution >= 0.6 is 0 Å². The van der Waals surface area contributed by atoms with Crippen molar-refractivity contribution in [3.8, 4) is 0 Å². The van der Waals surface area contributed by atoms with E-state index in [1.165, 1.54) is 11.8 Å². The van der Waals surface area contributed by atoms with Gasteiger partial charge >= 0.3 is 134 Å². The number of rotatable bonds is 4. The van der Waals surface area contributed by atoms with Gasteiger partial charge in [0.2, 0.25) is 5.76 Å². The number of carboxylic acids is 1. The molecule has 1 heterocycles. The molecule has 4 heteroatoms. The SMILES string of the molecule is C1CC[CH]([Sn]([CH]2CCCCC2)[CH]2CCCCC2)CC1.Cc1c(C(=O)O)oc2ccccc12. The van der Waals surface area contributed by atoms with Crippen molar-refractivity contribution in [2.24, 2.45) is 0 Å². The Morgan fingerprint density at radius 2 is 1.22 bits per heavy atom. The summed E-state index contributed by atoms with van der Waals surface area (Å²) >= 11 is -1.15. The summed E-state index contributed by atoms with van der Waals surface area (Å²) in [6.07, 6.45) is 24.2. The molecule has 5 rings (SSSR count). The normalized spacial score (nSPS) is 21.4. The molecule has 1 radical (unpaired) electrons. The molecule has 175 valence electrons. The molecule has 0 aliphatic heterocycles. The molecule has 0 amide bonds. The van der Waals surface area contributed by atoms with Gasteiger partial charge in [-0.3, -0.25) is 0 Å². The smallest absolute Gasteiger partial charge is 0.372 e. The van der Waals surface area contributed by atoms with Crippen molar-refractivity contribution in [3.05, 3.63) is 35.6 Å². The number of para-hydroxylation sites is 1. The summed E-state index contributed by atoms with van der Waals surface area (Å²) < 4.78 is 9.13. The summed E-state index contributed by atoms with van der Waals surface area (Å²) in [5.74, 6) is -0.991. The van der Waals surface area contributed by atoms with Crippen LogP contribution in [0.4, 0.5) is 0 Å². The maximum absolute atomic E-state index is 10.7. The Labute approximate surface area is 201 Å². The van der Waals surface area contributed by atoms with Crippen LogP contribution in [0.5, 0.6) is 0 Å². The number of furan rings is 1. The van der Waals surface area contributed by atoms with Gasteiger partial charge in [0.1, 0.15) is 5.58 Å². The Balaban J connectivity index is 0.000000165. The van der Waals surface area contributed by atoms with Gasteiger partial charge in [0, 0.05) is 10.9 Å². The molecule has 32 heavy (non-hydrogen) atoms. The Morgan fingerprint density at radius 1 is 0.781 bits per heavy atom. The van der Waals surface area contributed by atoms with Crippen molar-refractivity contribution < 1.29 is 14.3 Å². The van der Waals surface area contributed by atoms with E-state index in [9.17, 15) is 4.79 Å². The van der Waals surface area contributed by atoms with Gasteiger partial charge < -0.3 is 9.52 Å². The van der Waals surface area contributed by atoms with Crippen LogP contribution in [-0.2, 0) is 0 Å². The molecule has 1 aromatic carbocycles.